The molecule has 1 heterocycles. The number of nitrogens with zero attached hydrogens (tertiary/aromatic N) is 1. The van der Waals surface area contributed by atoms with Gasteiger partial charge in [0.1, 0.15) is 5.82 Å². The molecule has 0 amide bonds. The smallest absolute Gasteiger partial charge is 0.306 e. The summed E-state index contributed by atoms with van der Waals surface area (Å²) in [7, 11) is 0. The van der Waals surface area contributed by atoms with Gasteiger partial charge in [0, 0.05) is 25.2 Å². The second kappa shape index (κ2) is 6.73. The Bertz CT molecular complexity index is 468. The van der Waals surface area contributed by atoms with E-state index in [0.717, 1.165) is 37.2 Å². The van der Waals surface area contributed by atoms with E-state index in [4.69, 9.17) is 4.74 Å². The van der Waals surface area contributed by atoms with Crippen molar-refractivity contribution in [2.24, 2.45) is 5.92 Å². The first-order valence-corrected chi connectivity index (χ1v) is 7.27. The number of rotatable bonds is 4. The highest BCUT2D eigenvalue weighted by atomic mass is 19.1. The molecule has 1 aliphatic rings. The van der Waals surface area contributed by atoms with Crippen molar-refractivity contribution in [3.8, 4) is 0 Å². The lowest BCUT2D eigenvalue weighted by Crippen LogP contribution is -2.35. The van der Waals surface area contributed by atoms with Crippen LogP contribution in [0.3, 0.4) is 0 Å². The molecule has 0 saturated carbocycles. The molecule has 1 aliphatic heterocycles. The predicted molar refractivity (Wildman–Crippen MR) is 77.3 cm³/mol. The summed E-state index contributed by atoms with van der Waals surface area (Å²) < 4.78 is 18.1. The molecule has 0 aliphatic carbocycles. The van der Waals surface area contributed by atoms with Crippen molar-refractivity contribution in [1.82, 2.24) is 0 Å². The van der Waals surface area contributed by atoms with Crippen LogP contribution in [-0.2, 0) is 9.53 Å². The van der Waals surface area contributed by atoms with Crippen molar-refractivity contribution in [1.29, 1.82) is 0 Å². The van der Waals surface area contributed by atoms with Gasteiger partial charge < -0.3 is 9.64 Å². The molecule has 0 bridgehead atoms. The van der Waals surface area contributed by atoms with Crippen LogP contribution < -0.4 is 4.90 Å². The molecule has 1 aromatic rings. The van der Waals surface area contributed by atoms with E-state index in [0.29, 0.717) is 18.9 Å². The topological polar surface area (TPSA) is 29.5 Å². The van der Waals surface area contributed by atoms with Gasteiger partial charge in [-0.3, -0.25) is 4.79 Å². The van der Waals surface area contributed by atoms with E-state index in [2.05, 4.69) is 4.90 Å². The predicted octanol–water partition coefficient (Wildman–Crippen LogP) is 3.30. The molecule has 2 rings (SSSR count). The van der Waals surface area contributed by atoms with E-state index in [-0.39, 0.29) is 11.8 Å². The normalized spacial score (nSPS) is 16.2. The first kappa shape index (κ1) is 14.8. The number of hydrogen-bond acceptors (Lipinski definition) is 3. The zero-order valence-corrected chi connectivity index (χ0v) is 12.2. The number of carbonyl (C=O) groups excluding carboxylic acids is 1. The number of esters is 1. The summed E-state index contributed by atoms with van der Waals surface area (Å²) in [6, 6.07) is 4.92. The molecule has 0 atom stereocenters. The highest BCUT2D eigenvalue weighted by molar-refractivity contribution is 5.69. The van der Waals surface area contributed by atoms with Gasteiger partial charge >= 0.3 is 5.97 Å². The Balaban J connectivity index is 1.89. The van der Waals surface area contributed by atoms with Crippen LogP contribution in [0.1, 0.15) is 31.7 Å². The lowest BCUT2D eigenvalue weighted by molar-refractivity contribution is -0.144. The Labute approximate surface area is 119 Å². The van der Waals surface area contributed by atoms with E-state index in [1.54, 1.807) is 6.07 Å². The molecule has 20 heavy (non-hydrogen) atoms. The van der Waals surface area contributed by atoms with Crippen LogP contribution in [-0.4, -0.2) is 25.7 Å². The van der Waals surface area contributed by atoms with Crippen molar-refractivity contribution in [3.05, 3.63) is 29.6 Å². The third kappa shape index (κ3) is 3.71. The number of aryl methyl sites for hydroxylation is 1. The molecule has 4 heteroatoms. The van der Waals surface area contributed by atoms with Gasteiger partial charge in [-0.05, 0) is 56.4 Å². The third-order valence-electron chi connectivity index (χ3n) is 3.87. The van der Waals surface area contributed by atoms with Crippen LogP contribution in [0.15, 0.2) is 18.2 Å². The van der Waals surface area contributed by atoms with Crippen LogP contribution in [0, 0.1) is 18.7 Å². The Kier molecular flexibility index (Phi) is 4.99. The van der Waals surface area contributed by atoms with Gasteiger partial charge in [0.25, 0.3) is 0 Å². The number of carbonyl (C=O) groups is 1. The second-order valence-electron chi connectivity index (χ2n) is 5.37. The fourth-order valence-electron chi connectivity index (χ4n) is 2.81. The maximum absolute atomic E-state index is 13.1. The van der Waals surface area contributed by atoms with Crippen LogP contribution in [0.2, 0.25) is 0 Å². The monoisotopic (exact) mass is 279 g/mol. The Morgan fingerprint density at radius 1 is 1.40 bits per heavy atom. The summed E-state index contributed by atoms with van der Waals surface area (Å²) in [5, 5.41) is 0. The molecular formula is C16H22FNO2. The minimum Gasteiger partial charge on any atom is -0.466 e. The van der Waals surface area contributed by atoms with Crippen LogP contribution in [0.4, 0.5) is 10.1 Å². The SMILES string of the molecule is CCOC(=O)CC1CCN(c2ccc(F)cc2C)CC1. The number of anilines is 1. The second-order valence-corrected chi connectivity index (χ2v) is 5.37. The van der Waals surface area contributed by atoms with E-state index in [1.165, 1.54) is 6.07 Å². The lowest BCUT2D eigenvalue weighted by atomic mass is 9.93. The van der Waals surface area contributed by atoms with E-state index >= 15 is 0 Å². The Hall–Kier alpha value is -1.58. The molecule has 0 radical (unpaired) electrons. The van der Waals surface area contributed by atoms with Crippen molar-refractivity contribution >= 4 is 11.7 Å². The highest BCUT2D eigenvalue weighted by Crippen LogP contribution is 2.28. The van der Waals surface area contributed by atoms with Crippen molar-refractivity contribution < 1.29 is 13.9 Å². The molecule has 0 unspecified atom stereocenters. The first-order chi connectivity index (χ1) is 9.60. The van der Waals surface area contributed by atoms with Gasteiger partial charge in [-0.25, -0.2) is 4.39 Å². The number of piperidine rings is 1. The molecule has 0 N–H and O–H groups in total. The van der Waals surface area contributed by atoms with E-state index in [9.17, 15) is 9.18 Å². The molecule has 3 nitrogen and oxygen atoms in total. The maximum atomic E-state index is 13.1. The first-order valence-electron chi connectivity index (χ1n) is 7.27. The number of halogens is 1. The fourth-order valence-corrected chi connectivity index (χ4v) is 2.81. The number of benzene rings is 1. The van der Waals surface area contributed by atoms with Crippen molar-refractivity contribution in [2.75, 3.05) is 24.6 Å². The highest BCUT2D eigenvalue weighted by Gasteiger charge is 2.22. The molecular weight excluding hydrogens is 257 g/mol. The maximum Gasteiger partial charge on any atom is 0.306 e. The molecule has 0 spiro atoms. The summed E-state index contributed by atoms with van der Waals surface area (Å²) in [6.45, 7) is 6.04. The third-order valence-corrected chi connectivity index (χ3v) is 3.87. The van der Waals surface area contributed by atoms with Gasteiger partial charge in [0.15, 0.2) is 0 Å². The minimum atomic E-state index is -0.191. The average molecular weight is 279 g/mol. The average Bonchev–Trinajstić information content (AvgIpc) is 2.40. The zero-order chi connectivity index (χ0) is 14.5. The Morgan fingerprint density at radius 3 is 2.70 bits per heavy atom. The summed E-state index contributed by atoms with van der Waals surface area (Å²) in [5.41, 5.74) is 2.06. The molecule has 1 fully saturated rings. The van der Waals surface area contributed by atoms with Gasteiger partial charge in [0.05, 0.1) is 6.61 Å². The van der Waals surface area contributed by atoms with Crippen molar-refractivity contribution in [3.63, 3.8) is 0 Å². The molecule has 1 saturated heterocycles. The van der Waals surface area contributed by atoms with Gasteiger partial charge in [-0.15, -0.1) is 0 Å². The Morgan fingerprint density at radius 2 is 2.10 bits per heavy atom. The summed E-state index contributed by atoms with van der Waals surface area (Å²) in [6.07, 6.45) is 2.48. The quantitative estimate of drug-likeness (QED) is 0.792. The van der Waals surface area contributed by atoms with E-state index < -0.39 is 0 Å². The van der Waals surface area contributed by atoms with Crippen LogP contribution in [0.5, 0.6) is 0 Å². The molecule has 0 aromatic heterocycles. The van der Waals surface area contributed by atoms with Crippen LogP contribution in [0.25, 0.3) is 0 Å². The largest absolute Gasteiger partial charge is 0.466 e. The van der Waals surface area contributed by atoms with Gasteiger partial charge in [-0.1, -0.05) is 0 Å². The van der Waals surface area contributed by atoms with Crippen LogP contribution >= 0.6 is 0 Å². The summed E-state index contributed by atoms with van der Waals surface area (Å²) >= 11 is 0. The van der Waals surface area contributed by atoms with Gasteiger partial charge in [-0.2, -0.15) is 0 Å². The number of hydrogen-bond donors (Lipinski definition) is 0. The van der Waals surface area contributed by atoms with E-state index in [1.807, 2.05) is 19.9 Å². The number of ether oxygens (including phenoxy) is 1. The van der Waals surface area contributed by atoms with Gasteiger partial charge in [0.2, 0.25) is 0 Å². The van der Waals surface area contributed by atoms with Crippen molar-refractivity contribution in [2.45, 2.75) is 33.1 Å². The minimum absolute atomic E-state index is 0.0936. The zero-order valence-electron chi connectivity index (χ0n) is 12.2. The molecule has 1 aromatic carbocycles. The molecule has 110 valence electrons. The fraction of sp³-hybridized carbons (Fsp3) is 0.562. The summed E-state index contributed by atoms with van der Waals surface area (Å²) in [5.74, 6) is 0.124. The summed E-state index contributed by atoms with van der Waals surface area (Å²) in [4.78, 5) is 13.8. The standard InChI is InChI=1S/C16H22FNO2/c1-3-20-16(19)11-13-6-8-18(9-7-13)15-5-4-14(17)10-12(15)2/h4-5,10,13H,3,6-9,11H2,1-2H3. The lowest BCUT2D eigenvalue weighted by Gasteiger charge is -2.34.